The molecule has 1 N–H and O–H groups in total. The second kappa shape index (κ2) is 5.55. The first-order valence-corrected chi connectivity index (χ1v) is 7.21. The molecule has 0 radical (unpaired) electrons. The average Bonchev–Trinajstić information content (AvgIpc) is 3.12. The van der Waals surface area contributed by atoms with Crippen LogP contribution >= 0.6 is 0 Å². The van der Waals surface area contributed by atoms with Crippen molar-refractivity contribution in [3.05, 3.63) is 18.1 Å². The molecule has 5 heteroatoms. The molecule has 19 heavy (non-hydrogen) atoms. The van der Waals surface area contributed by atoms with Crippen LogP contribution in [0.4, 0.5) is 5.82 Å². The number of carbonyl (C=O) groups is 1. The van der Waals surface area contributed by atoms with Gasteiger partial charge in [-0.2, -0.15) is 0 Å². The first kappa shape index (κ1) is 12.4. The van der Waals surface area contributed by atoms with Crippen LogP contribution in [0.15, 0.2) is 12.4 Å². The Balaban J connectivity index is 1.62. The van der Waals surface area contributed by atoms with Crippen molar-refractivity contribution in [2.45, 2.75) is 44.6 Å². The molecule has 2 aliphatic rings. The van der Waals surface area contributed by atoms with Crippen LogP contribution in [0.3, 0.4) is 0 Å². The molecule has 0 aromatic carbocycles. The number of nitrogens with zero attached hydrogens (tertiary/aromatic N) is 3. The normalized spacial score (nSPS) is 19.9. The molecule has 1 saturated carbocycles. The van der Waals surface area contributed by atoms with Crippen molar-refractivity contribution in [1.29, 1.82) is 0 Å². The predicted molar refractivity (Wildman–Crippen MR) is 73.0 cm³/mol. The number of hydrogen-bond donors (Lipinski definition) is 1. The van der Waals surface area contributed by atoms with Crippen molar-refractivity contribution in [3.63, 3.8) is 0 Å². The van der Waals surface area contributed by atoms with E-state index in [0.717, 1.165) is 31.7 Å². The van der Waals surface area contributed by atoms with E-state index in [0.29, 0.717) is 11.7 Å². The van der Waals surface area contributed by atoms with Crippen molar-refractivity contribution in [3.8, 4) is 0 Å². The number of likely N-dealkylation sites (tertiary alicyclic amines) is 1. The Morgan fingerprint density at radius 2 is 1.84 bits per heavy atom. The topological polar surface area (TPSA) is 58.1 Å². The lowest BCUT2D eigenvalue weighted by molar-refractivity contribution is 0.0786. The molecule has 1 aromatic rings. The summed E-state index contributed by atoms with van der Waals surface area (Å²) in [4.78, 5) is 22.5. The lowest BCUT2D eigenvalue weighted by Crippen LogP contribution is -2.28. The van der Waals surface area contributed by atoms with Crippen LogP contribution in [0, 0.1) is 0 Å². The van der Waals surface area contributed by atoms with Crippen LogP contribution < -0.4 is 5.32 Å². The summed E-state index contributed by atoms with van der Waals surface area (Å²) in [6.07, 6.45) is 10.5. The van der Waals surface area contributed by atoms with Crippen molar-refractivity contribution >= 4 is 11.7 Å². The van der Waals surface area contributed by atoms with Crippen LogP contribution in [-0.4, -0.2) is 39.9 Å². The molecular weight excluding hydrogens is 240 g/mol. The van der Waals surface area contributed by atoms with Crippen LogP contribution in [0.2, 0.25) is 0 Å². The highest BCUT2D eigenvalue weighted by Gasteiger charge is 2.21. The molecule has 1 aliphatic carbocycles. The fraction of sp³-hybridized carbons (Fsp3) is 0.643. The zero-order valence-electron chi connectivity index (χ0n) is 11.1. The SMILES string of the molecule is O=C(c1cnc(NC2CCCC2)cn1)N1CCCC1. The molecule has 0 spiro atoms. The van der Waals surface area contributed by atoms with Gasteiger partial charge in [0.1, 0.15) is 11.5 Å². The maximum absolute atomic E-state index is 12.1. The molecular formula is C14H20N4O. The Bertz CT molecular complexity index is 433. The number of carbonyl (C=O) groups excluding carboxylic acids is 1. The van der Waals surface area contributed by atoms with E-state index in [2.05, 4.69) is 15.3 Å². The highest BCUT2D eigenvalue weighted by Crippen LogP contribution is 2.21. The molecule has 0 bridgehead atoms. The van der Waals surface area contributed by atoms with Gasteiger partial charge in [-0.1, -0.05) is 12.8 Å². The van der Waals surface area contributed by atoms with Crippen molar-refractivity contribution in [2.75, 3.05) is 18.4 Å². The number of nitrogens with one attached hydrogen (secondary N) is 1. The van der Waals surface area contributed by atoms with Gasteiger partial charge in [0.15, 0.2) is 0 Å². The molecule has 2 fully saturated rings. The van der Waals surface area contributed by atoms with E-state index in [1.165, 1.54) is 25.7 Å². The molecule has 1 saturated heterocycles. The number of amides is 1. The zero-order chi connectivity index (χ0) is 13.1. The second-order valence-electron chi connectivity index (χ2n) is 5.41. The Labute approximate surface area is 113 Å². The molecule has 0 unspecified atom stereocenters. The predicted octanol–water partition coefficient (Wildman–Crippen LogP) is 2.07. The van der Waals surface area contributed by atoms with E-state index in [1.54, 1.807) is 12.4 Å². The first-order chi connectivity index (χ1) is 9.33. The Morgan fingerprint density at radius 1 is 1.11 bits per heavy atom. The van der Waals surface area contributed by atoms with Gasteiger partial charge in [0.25, 0.3) is 5.91 Å². The Morgan fingerprint density at radius 3 is 2.47 bits per heavy atom. The van der Waals surface area contributed by atoms with Crippen molar-refractivity contribution < 1.29 is 4.79 Å². The van der Waals surface area contributed by atoms with Gasteiger partial charge in [-0.3, -0.25) is 4.79 Å². The number of anilines is 1. The molecule has 1 amide bonds. The molecule has 5 nitrogen and oxygen atoms in total. The summed E-state index contributed by atoms with van der Waals surface area (Å²) in [5.74, 6) is 0.794. The van der Waals surface area contributed by atoms with Crippen molar-refractivity contribution in [2.24, 2.45) is 0 Å². The third-order valence-corrected chi connectivity index (χ3v) is 3.97. The maximum atomic E-state index is 12.1. The van der Waals surface area contributed by atoms with Gasteiger partial charge >= 0.3 is 0 Å². The van der Waals surface area contributed by atoms with Gasteiger partial charge in [0, 0.05) is 19.1 Å². The first-order valence-electron chi connectivity index (χ1n) is 7.21. The largest absolute Gasteiger partial charge is 0.366 e. The van der Waals surface area contributed by atoms with Gasteiger partial charge in [-0.25, -0.2) is 9.97 Å². The lowest BCUT2D eigenvalue weighted by atomic mass is 10.2. The molecule has 2 heterocycles. The zero-order valence-corrected chi connectivity index (χ0v) is 11.1. The van der Waals surface area contributed by atoms with E-state index in [1.807, 2.05) is 4.90 Å². The van der Waals surface area contributed by atoms with E-state index in [9.17, 15) is 4.79 Å². The third kappa shape index (κ3) is 2.85. The fourth-order valence-electron chi connectivity index (χ4n) is 2.87. The Hall–Kier alpha value is -1.65. The average molecular weight is 260 g/mol. The van der Waals surface area contributed by atoms with E-state index < -0.39 is 0 Å². The number of rotatable bonds is 3. The highest BCUT2D eigenvalue weighted by atomic mass is 16.2. The van der Waals surface area contributed by atoms with Gasteiger partial charge in [-0.15, -0.1) is 0 Å². The summed E-state index contributed by atoms with van der Waals surface area (Å²) in [6.45, 7) is 1.70. The minimum absolute atomic E-state index is 0.0115. The summed E-state index contributed by atoms with van der Waals surface area (Å²) in [6, 6.07) is 0.523. The smallest absolute Gasteiger partial charge is 0.274 e. The summed E-state index contributed by atoms with van der Waals surface area (Å²) in [5.41, 5.74) is 0.457. The molecule has 3 rings (SSSR count). The van der Waals surface area contributed by atoms with Crippen LogP contribution in [-0.2, 0) is 0 Å². The van der Waals surface area contributed by atoms with E-state index >= 15 is 0 Å². The third-order valence-electron chi connectivity index (χ3n) is 3.97. The minimum atomic E-state index is 0.0115. The summed E-state index contributed by atoms with van der Waals surface area (Å²) in [7, 11) is 0. The van der Waals surface area contributed by atoms with Crippen molar-refractivity contribution in [1.82, 2.24) is 14.9 Å². The summed E-state index contributed by atoms with van der Waals surface area (Å²) >= 11 is 0. The van der Waals surface area contributed by atoms with Gasteiger partial charge in [0.2, 0.25) is 0 Å². The van der Waals surface area contributed by atoms with E-state index in [-0.39, 0.29) is 5.91 Å². The quantitative estimate of drug-likeness (QED) is 0.904. The number of hydrogen-bond acceptors (Lipinski definition) is 4. The molecule has 0 atom stereocenters. The highest BCUT2D eigenvalue weighted by molar-refractivity contribution is 5.92. The standard InChI is InChI=1S/C14H20N4O/c19-14(18-7-3-4-8-18)12-9-16-13(10-15-12)17-11-5-1-2-6-11/h9-11H,1-8H2,(H,16,17). The van der Waals surface area contributed by atoms with Gasteiger partial charge in [-0.05, 0) is 25.7 Å². The van der Waals surface area contributed by atoms with Crippen LogP contribution in [0.25, 0.3) is 0 Å². The molecule has 1 aliphatic heterocycles. The van der Waals surface area contributed by atoms with Crippen LogP contribution in [0.1, 0.15) is 49.0 Å². The second-order valence-corrected chi connectivity index (χ2v) is 5.41. The fourth-order valence-corrected chi connectivity index (χ4v) is 2.87. The van der Waals surface area contributed by atoms with Gasteiger partial charge < -0.3 is 10.2 Å². The Kier molecular flexibility index (Phi) is 3.62. The summed E-state index contributed by atoms with van der Waals surface area (Å²) < 4.78 is 0. The number of aromatic nitrogens is 2. The summed E-state index contributed by atoms with van der Waals surface area (Å²) in [5, 5.41) is 3.38. The molecule has 1 aromatic heterocycles. The van der Waals surface area contributed by atoms with Crippen LogP contribution in [0.5, 0.6) is 0 Å². The lowest BCUT2D eigenvalue weighted by Gasteiger charge is -2.15. The van der Waals surface area contributed by atoms with E-state index in [4.69, 9.17) is 0 Å². The molecule has 102 valence electrons. The maximum Gasteiger partial charge on any atom is 0.274 e. The minimum Gasteiger partial charge on any atom is -0.366 e. The monoisotopic (exact) mass is 260 g/mol. The van der Waals surface area contributed by atoms with Gasteiger partial charge in [0.05, 0.1) is 12.4 Å².